The fourth-order valence-electron chi connectivity index (χ4n) is 1.62. The summed E-state index contributed by atoms with van der Waals surface area (Å²) in [5.74, 6) is 1.35. The van der Waals surface area contributed by atoms with E-state index in [2.05, 4.69) is 20.9 Å². The van der Waals surface area contributed by atoms with Crippen molar-refractivity contribution < 1.29 is 4.74 Å². The van der Waals surface area contributed by atoms with Gasteiger partial charge in [-0.3, -0.25) is 0 Å². The molecule has 0 fully saturated rings. The first-order chi connectivity index (χ1) is 8.58. The van der Waals surface area contributed by atoms with Crippen LogP contribution in [0.2, 0.25) is 0 Å². The van der Waals surface area contributed by atoms with Gasteiger partial charge >= 0.3 is 0 Å². The van der Waals surface area contributed by atoms with Crippen LogP contribution in [-0.2, 0) is 0 Å². The first-order valence-electron chi connectivity index (χ1n) is 5.72. The molecule has 94 valence electrons. The Morgan fingerprint density at radius 2 is 2.11 bits per heavy atom. The molecule has 0 aliphatic heterocycles. The summed E-state index contributed by atoms with van der Waals surface area (Å²) in [7, 11) is 0. The zero-order valence-electron chi connectivity index (χ0n) is 10.4. The Hall–Kier alpha value is -1.39. The number of nitrogens with two attached hydrogens (primary N) is 1. The molecule has 1 aromatic heterocycles. The van der Waals surface area contributed by atoms with Crippen molar-refractivity contribution in [3.05, 3.63) is 52.1 Å². The van der Waals surface area contributed by atoms with Gasteiger partial charge in [0.05, 0.1) is 0 Å². The van der Waals surface area contributed by atoms with Crippen LogP contribution in [0.25, 0.3) is 0 Å². The number of hydrogen-bond donors (Lipinski definition) is 1. The van der Waals surface area contributed by atoms with E-state index in [1.807, 2.05) is 44.2 Å². The number of aryl methyl sites for hydroxylation is 1. The van der Waals surface area contributed by atoms with E-state index in [9.17, 15) is 0 Å². The summed E-state index contributed by atoms with van der Waals surface area (Å²) < 4.78 is 6.83. The molecular formula is C14H15BrN2O. The van der Waals surface area contributed by atoms with Crippen LogP contribution in [-0.4, -0.2) is 4.98 Å². The SMILES string of the molecule is Cc1ccc(Br)cc1Oc1ncccc1[C@H](C)N. The minimum Gasteiger partial charge on any atom is -0.438 e. The molecule has 2 aromatic rings. The lowest BCUT2D eigenvalue weighted by molar-refractivity contribution is 0.448. The Balaban J connectivity index is 2.37. The molecule has 0 unspecified atom stereocenters. The summed E-state index contributed by atoms with van der Waals surface area (Å²) in [6, 6.07) is 9.58. The Morgan fingerprint density at radius 1 is 1.33 bits per heavy atom. The third kappa shape index (κ3) is 2.89. The number of hydrogen-bond acceptors (Lipinski definition) is 3. The minimum absolute atomic E-state index is 0.110. The fourth-order valence-corrected chi connectivity index (χ4v) is 1.96. The molecule has 18 heavy (non-hydrogen) atoms. The largest absolute Gasteiger partial charge is 0.438 e. The molecule has 0 amide bonds. The monoisotopic (exact) mass is 306 g/mol. The second-order valence-electron chi connectivity index (χ2n) is 4.20. The van der Waals surface area contributed by atoms with Crippen LogP contribution in [0.4, 0.5) is 0 Å². The van der Waals surface area contributed by atoms with E-state index in [0.717, 1.165) is 21.3 Å². The molecule has 1 atom stereocenters. The predicted octanol–water partition coefficient (Wildman–Crippen LogP) is 3.96. The third-order valence-electron chi connectivity index (χ3n) is 2.65. The van der Waals surface area contributed by atoms with E-state index < -0.39 is 0 Å². The van der Waals surface area contributed by atoms with Crippen LogP contribution >= 0.6 is 15.9 Å². The Morgan fingerprint density at radius 3 is 2.83 bits per heavy atom. The van der Waals surface area contributed by atoms with Crippen molar-refractivity contribution in [2.24, 2.45) is 5.73 Å². The molecule has 2 rings (SSSR count). The number of pyridine rings is 1. The van der Waals surface area contributed by atoms with E-state index in [0.29, 0.717) is 5.88 Å². The molecule has 0 aliphatic carbocycles. The number of halogens is 1. The van der Waals surface area contributed by atoms with Crippen LogP contribution < -0.4 is 10.5 Å². The molecule has 0 spiro atoms. The van der Waals surface area contributed by atoms with E-state index in [1.54, 1.807) is 6.20 Å². The standard InChI is InChI=1S/C14H15BrN2O/c1-9-5-6-11(15)8-13(9)18-14-12(10(2)16)4-3-7-17-14/h3-8,10H,16H2,1-2H3/t10-/m0/s1. The van der Waals surface area contributed by atoms with E-state index in [1.165, 1.54) is 0 Å². The number of ether oxygens (including phenoxy) is 1. The lowest BCUT2D eigenvalue weighted by atomic mass is 10.1. The van der Waals surface area contributed by atoms with Gasteiger partial charge in [0.15, 0.2) is 0 Å². The van der Waals surface area contributed by atoms with Gasteiger partial charge in [-0.15, -0.1) is 0 Å². The maximum absolute atomic E-state index is 5.91. The minimum atomic E-state index is -0.110. The van der Waals surface area contributed by atoms with Crippen molar-refractivity contribution in [1.29, 1.82) is 0 Å². The lowest BCUT2D eigenvalue weighted by Gasteiger charge is -2.13. The molecule has 3 nitrogen and oxygen atoms in total. The second-order valence-corrected chi connectivity index (χ2v) is 5.11. The topological polar surface area (TPSA) is 48.1 Å². The maximum Gasteiger partial charge on any atom is 0.223 e. The fraction of sp³-hybridized carbons (Fsp3) is 0.214. The summed E-state index contributed by atoms with van der Waals surface area (Å²) in [4.78, 5) is 4.25. The van der Waals surface area contributed by atoms with Crippen LogP contribution in [0.5, 0.6) is 11.6 Å². The highest BCUT2D eigenvalue weighted by Crippen LogP contribution is 2.30. The van der Waals surface area contributed by atoms with Gasteiger partial charge in [-0.25, -0.2) is 4.98 Å². The van der Waals surface area contributed by atoms with Crippen molar-refractivity contribution in [2.75, 3.05) is 0 Å². The normalized spacial score (nSPS) is 12.2. The van der Waals surface area contributed by atoms with Crippen molar-refractivity contribution in [1.82, 2.24) is 4.98 Å². The third-order valence-corrected chi connectivity index (χ3v) is 3.14. The quantitative estimate of drug-likeness (QED) is 0.933. The van der Waals surface area contributed by atoms with Crippen molar-refractivity contribution in [3.63, 3.8) is 0 Å². The van der Waals surface area contributed by atoms with Crippen LogP contribution in [0.3, 0.4) is 0 Å². The summed E-state index contributed by atoms with van der Waals surface area (Å²) in [6.45, 7) is 3.91. The molecule has 1 heterocycles. The van der Waals surface area contributed by atoms with Gasteiger partial charge < -0.3 is 10.5 Å². The Labute approximate surface area is 115 Å². The highest BCUT2D eigenvalue weighted by atomic mass is 79.9. The van der Waals surface area contributed by atoms with Gasteiger partial charge in [0, 0.05) is 22.3 Å². The van der Waals surface area contributed by atoms with Gasteiger partial charge in [0.2, 0.25) is 5.88 Å². The molecule has 0 aliphatic rings. The number of nitrogens with zero attached hydrogens (tertiary/aromatic N) is 1. The first kappa shape index (κ1) is 13.1. The Bertz CT molecular complexity index is 555. The molecular weight excluding hydrogens is 292 g/mol. The highest BCUT2D eigenvalue weighted by Gasteiger charge is 2.11. The van der Waals surface area contributed by atoms with Crippen LogP contribution in [0.15, 0.2) is 41.0 Å². The lowest BCUT2D eigenvalue weighted by Crippen LogP contribution is -2.07. The summed E-state index contributed by atoms with van der Waals surface area (Å²) in [6.07, 6.45) is 1.70. The summed E-state index contributed by atoms with van der Waals surface area (Å²) in [5, 5.41) is 0. The predicted molar refractivity (Wildman–Crippen MR) is 75.8 cm³/mol. The van der Waals surface area contributed by atoms with Crippen LogP contribution in [0, 0.1) is 6.92 Å². The van der Waals surface area contributed by atoms with E-state index in [4.69, 9.17) is 10.5 Å². The summed E-state index contributed by atoms with van der Waals surface area (Å²) >= 11 is 3.43. The van der Waals surface area contributed by atoms with Gasteiger partial charge in [-0.2, -0.15) is 0 Å². The van der Waals surface area contributed by atoms with Crippen molar-refractivity contribution >= 4 is 15.9 Å². The average molecular weight is 307 g/mol. The van der Waals surface area contributed by atoms with E-state index in [-0.39, 0.29) is 6.04 Å². The zero-order valence-corrected chi connectivity index (χ0v) is 11.9. The van der Waals surface area contributed by atoms with E-state index >= 15 is 0 Å². The molecule has 0 saturated carbocycles. The highest BCUT2D eigenvalue weighted by molar-refractivity contribution is 9.10. The Kier molecular flexibility index (Phi) is 3.99. The van der Waals surface area contributed by atoms with Gasteiger partial charge in [-0.1, -0.05) is 28.1 Å². The van der Waals surface area contributed by atoms with Crippen molar-refractivity contribution in [3.8, 4) is 11.6 Å². The average Bonchev–Trinajstić information content (AvgIpc) is 2.34. The maximum atomic E-state index is 5.91. The van der Waals surface area contributed by atoms with Gasteiger partial charge in [0.1, 0.15) is 5.75 Å². The zero-order chi connectivity index (χ0) is 13.1. The molecule has 0 saturated heterocycles. The number of rotatable bonds is 3. The molecule has 0 bridgehead atoms. The second kappa shape index (κ2) is 5.50. The number of benzene rings is 1. The molecule has 0 radical (unpaired) electrons. The molecule has 1 aromatic carbocycles. The van der Waals surface area contributed by atoms with Gasteiger partial charge in [0.25, 0.3) is 0 Å². The first-order valence-corrected chi connectivity index (χ1v) is 6.51. The van der Waals surface area contributed by atoms with Gasteiger partial charge in [-0.05, 0) is 37.6 Å². The smallest absolute Gasteiger partial charge is 0.223 e. The van der Waals surface area contributed by atoms with Crippen LogP contribution in [0.1, 0.15) is 24.1 Å². The molecule has 2 N–H and O–H groups in total. The summed E-state index contributed by atoms with van der Waals surface area (Å²) in [5.41, 5.74) is 7.86. The van der Waals surface area contributed by atoms with Crippen molar-refractivity contribution in [2.45, 2.75) is 19.9 Å². The molecule has 4 heteroatoms. The number of aromatic nitrogens is 1.